The van der Waals surface area contributed by atoms with E-state index in [-0.39, 0.29) is 5.91 Å². The van der Waals surface area contributed by atoms with E-state index in [1.165, 1.54) is 0 Å². The predicted octanol–water partition coefficient (Wildman–Crippen LogP) is 4.37. The minimum Gasteiger partial charge on any atom is -0.497 e. The molecule has 5 aromatic rings. The molecule has 34 heavy (non-hydrogen) atoms. The molecule has 0 aliphatic heterocycles. The molecule has 0 atom stereocenters. The number of benzene rings is 2. The Balaban J connectivity index is 1.32. The van der Waals surface area contributed by atoms with Gasteiger partial charge in [0.1, 0.15) is 11.4 Å². The van der Waals surface area contributed by atoms with Gasteiger partial charge in [0.15, 0.2) is 0 Å². The van der Waals surface area contributed by atoms with Crippen LogP contribution in [0.2, 0.25) is 0 Å². The molecule has 0 fully saturated rings. The van der Waals surface area contributed by atoms with Crippen molar-refractivity contribution in [1.82, 2.24) is 25.3 Å². The van der Waals surface area contributed by atoms with Crippen LogP contribution in [-0.2, 0) is 6.42 Å². The maximum Gasteiger partial charge on any atom is 0.273 e. The summed E-state index contributed by atoms with van der Waals surface area (Å²) in [7, 11) is 1.61. The largest absolute Gasteiger partial charge is 0.497 e. The maximum absolute atomic E-state index is 12.9. The number of hydrogen-bond acceptors (Lipinski definition) is 7. The maximum atomic E-state index is 12.9. The van der Waals surface area contributed by atoms with Crippen molar-refractivity contribution in [2.75, 3.05) is 12.4 Å². The molecule has 2 N–H and O–H groups in total. The molecule has 9 nitrogen and oxygen atoms in total. The molecule has 168 valence electrons. The van der Waals surface area contributed by atoms with Gasteiger partial charge in [-0.15, -0.1) is 0 Å². The van der Waals surface area contributed by atoms with Crippen molar-refractivity contribution in [1.29, 1.82) is 0 Å². The lowest BCUT2D eigenvalue weighted by molar-refractivity contribution is 0.102. The van der Waals surface area contributed by atoms with Crippen LogP contribution >= 0.6 is 0 Å². The number of amides is 1. The van der Waals surface area contributed by atoms with Crippen molar-refractivity contribution >= 4 is 11.6 Å². The van der Waals surface area contributed by atoms with Gasteiger partial charge in [-0.1, -0.05) is 35.5 Å². The van der Waals surface area contributed by atoms with Gasteiger partial charge in [-0.05, 0) is 42.0 Å². The molecular weight excluding hydrogens is 432 g/mol. The molecule has 3 aromatic heterocycles. The first-order chi connectivity index (χ1) is 16.7. The van der Waals surface area contributed by atoms with E-state index >= 15 is 0 Å². The Hall–Kier alpha value is -4.79. The number of H-pyrrole nitrogens is 1. The number of anilines is 1. The monoisotopic (exact) mass is 452 g/mol. The summed E-state index contributed by atoms with van der Waals surface area (Å²) in [4.78, 5) is 21.4. The van der Waals surface area contributed by atoms with Crippen LogP contribution < -0.4 is 10.1 Å². The van der Waals surface area contributed by atoms with Crippen LogP contribution in [-0.4, -0.2) is 38.3 Å². The summed E-state index contributed by atoms with van der Waals surface area (Å²) in [6, 6.07) is 20.3. The first-order valence-corrected chi connectivity index (χ1v) is 10.5. The smallest absolute Gasteiger partial charge is 0.273 e. The van der Waals surface area contributed by atoms with Crippen LogP contribution in [0.5, 0.6) is 5.75 Å². The molecule has 0 radical (unpaired) electrons. The first-order valence-electron chi connectivity index (χ1n) is 10.5. The fourth-order valence-electron chi connectivity index (χ4n) is 3.46. The van der Waals surface area contributed by atoms with E-state index < -0.39 is 0 Å². The SMILES string of the molecule is COc1cccc(-c2cc(C(=O)Nc3ccccc3Cc3nc(-c4ccncc4)no3)[nH]n2)c1. The first kappa shape index (κ1) is 21.1. The molecule has 0 aliphatic carbocycles. The third-order valence-electron chi connectivity index (χ3n) is 5.20. The van der Waals surface area contributed by atoms with Crippen LogP contribution in [0.25, 0.3) is 22.6 Å². The normalized spacial score (nSPS) is 10.7. The highest BCUT2D eigenvalue weighted by Crippen LogP contribution is 2.24. The van der Waals surface area contributed by atoms with Crippen LogP contribution in [0.3, 0.4) is 0 Å². The minimum atomic E-state index is -0.308. The summed E-state index contributed by atoms with van der Waals surface area (Å²) in [6.45, 7) is 0. The number of carbonyl (C=O) groups is 1. The molecule has 3 heterocycles. The Bertz CT molecular complexity index is 1430. The number of ether oxygens (including phenoxy) is 1. The third kappa shape index (κ3) is 4.53. The van der Waals surface area contributed by atoms with Gasteiger partial charge in [-0.2, -0.15) is 10.1 Å². The van der Waals surface area contributed by atoms with Crippen molar-refractivity contribution in [3.63, 3.8) is 0 Å². The van der Waals surface area contributed by atoms with E-state index in [4.69, 9.17) is 9.26 Å². The number of aromatic nitrogens is 5. The number of methoxy groups -OCH3 is 1. The minimum absolute atomic E-state index is 0.308. The molecule has 0 aliphatic rings. The number of nitrogens with zero attached hydrogens (tertiary/aromatic N) is 4. The van der Waals surface area contributed by atoms with Gasteiger partial charge in [0, 0.05) is 29.2 Å². The summed E-state index contributed by atoms with van der Waals surface area (Å²) in [5.41, 5.74) is 4.13. The lowest BCUT2D eigenvalue weighted by Crippen LogP contribution is -2.14. The van der Waals surface area contributed by atoms with Gasteiger partial charge < -0.3 is 14.6 Å². The summed E-state index contributed by atoms with van der Waals surface area (Å²) in [5.74, 6) is 1.34. The van der Waals surface area contributed by atoms with Crippen LogP contribution in [0.4, 0.5) is 5.69 Å². The Morgan fingerprint density at radius 3 is 2.74 bits per heavy atom. The van der Waals surface area contributed by atoms with Gasteiger partial charge in [0.05, 0.1) is 19.2 Å². The molecule has 0 saturated heterocycles. The number of para-hydroxylation sites is 1. The summed E-state index contributed by atoms with van der Waals surface area (Å²) in [5, 5.41) is 14.1. The van der Waals surface area contributed by atoms with E-state index in [0.717, 1.165) is 16.7 Å². The van der Waals surface area contributed by atoms with Gasteiger partial charge in [-0.3, -0.25) is 14.9 Å². The molecular formula is C25H20N6O3. The summed E-state index contributed by atoms with van der Waals surface area (Å²) in [6.07, 6.45) is 3.71. The summed E-state index contributed by atoms with van der Waals surface area (Å²) < 4.78 is 10.7. The van der Waals surface area contributed by atoms with Crippen LogP contribution in [0, 0.1) is 0 Å². The fraction of sp³-hybridized carbons (Fsp3) is 0.0800. The lowest BCUT2D eigenvalue weighted by Gasteiger charge is -2.08. The van der Waals surface area contributed by atoms with E-state index in [1.54, 1.807) is 25.6 Å². The highest BCUT2D eigenvalue weighted by molar-refractivity contribution is 6.03. The lowest BCUT2D eigenvalue weighted by atomic mass is 10.1. The van der Waals surface area contributed by atoms with Gasteiger partial charge >= 0.3 is 0 Å². The second-order valence-electron chi connectivity index (χ2n) is 7.43. The van der Waals surface area contributed by atoms with Crippen molar-refractivity contribution < 1.29 is 14.1 Å². The average Bonchev–Trinajstić information content (AvgIpc) is 3.56. The van der Waals surface area contributed by atoms with E-state index in [1.807, 2.05) is 60.7 Å². The topological polar surface area (TPSA) is 119 Å². The Morgan fingerprint density at radius 1 is 1.03 bits per heavy atom. The number of aromatic amines is 1. The summed E-state index contributed by atoms with van der Waals surface area (Å²) >= 11 is 0. The zero-order valence-electron chi connectivity index (χ0n) is 18.2. The Labute approximate surface area is 194 Å². The number of nitrogens with one attached hydrogen (secondary N) is 2. The quantitative estimate of drug-likeness (QED) is 0.376. The van der Waals surface area contributed by atoms with Crippen molar-refractivity contribution in [3.8, 4) is 28.4 Å². The predicted molar refractivity (Wildman–Crippen MR) is 125 cm³/mol. The fourth-order valence-corrected chi connectivity index (χ4v) is 3.46. The molecule has 0 spiro atoms. The molecule has 2 aromatic carbocycles. The highest BCUT2D eigenvalue weighted by atomic mass is 16.5. The van der Waals surface area contributed by atoms with Crippen LogP contribution in [0.1, 0.15) is 21.9 Å². The van der Waals surface area contributed by atoms with Crippen molar-refractivity contribution in [3.05, 3.63) is 96.3 Å². The van der Waals surface area contributed by atoms with E-state index in [0.29, 0.717) is 41.0 Å². The zero-order valence-corrected chi connectivity index (χ0v) is 18.2. The number of pyridine rings is 1. The number of carbonyl (C=O) groups excluding carboxylic acids is 1. The number of hydrogen-bond donors (Lipinski definition) is 2. The average molecular weight is 452 g/mol. The van der Waals surface area contributed by atoms with Crippen molar-refractivity contribution in [2.45, 2.75) is 6.42 Å². The molecule has 0 unspecified atom stereocenters. The third-order valence-corrected chi connectivity index (χ3v) is 5.20. The highest BCUT2D eigenvalue weighted by Gasteiger charge is 2.15. The second kappa shape index (κ2) is 9.37. The van der Waals surface area contributed by atoms with Gasteiger partial charge in [0.2, 0.25) is 11.7 Å². The molecule has 1 amide bonds. The van der Waals surface area contributed by atoms with Gasteiger partial charge in [-0.25, -0.2) is 0 Å². The Kier molecular flexibility index (Phi) is 5.81. The molecule has 0 bridgehead atoms. The van der Waals surface area contributed by atoms with Crippen molar-refractivity contribution in [2.24, 2.45) is 0 Å². The van der Waals surface area contributed by atoms with E-state index in [2.05, 4.69) is 30.6 Å². The molecule has 5 rings (SSSR count). The van der Waals surface area contributed by atoms with E-state index in [9.17, 15) is 4.79 Å². The number of rotatable bonds is 7. The second-order valence-corrected chi connectivity index (χ2v) is 7.43. The van der Waals surface area contributed by atoms with Crippen LogP contribution in [0.15, 0.2) is 83.6 Å². The molecule has 0 saturated carbocycles. The standard InChI is InChI=1S/C25H20N6O3/c1-33-19-7-4-6-17(13-19)21-15-22(30-29-21)25(32)27-20-8-3-2-5-18(20)14-23-28-24(31-34-23)16-9-11-26-12-10-16/h2-13,15H,14H2,1H3,(H,27,32)(H,29,30). The zero-order chi connectivity index (χ0) is 23.3. The van der Waals surface area contributed by atoms with Gasteiger partial charge in [0.25, 0.3) is 5.91 Å². The molecule has 9 heteroatoms. The Morgan fingerprint density at radius 2 is 1.88 bits per heavy atom.